The Labute approximate surface area is 382 Å². The first kappa shape index (κ1) is 60.1. The van der Waals surface area contributed by atoms with Crippen molar-refractivity contribution >= 4 is 5.91 Å². The zero-order valence-corrected chi connectivity index (χ0v) is 41.6. The fraction of sp³-hybridized carbons (Fsp3) is 0.946. The van der Waals surface area contributed by atoms with Gasteiger partial charge in [-0.1, -0.05) is 283 Å². The second-order valence-corrected chi connectivity index (χ2v) is 19.5. The van der Waals surface area contributed by atoms with Gasteiger partial charge in [-0.2, -0.15) is 0 Å². The van der Waals surface area contributed by atoms with Crippen LogP contribution in [0, 0.1) is 0 Å². The van der Waals surface area contributed by atoms with Gasteiger partial charge in [-0.15, -0.1) is 0 Å². The van der Waals surface area contributed by atoms with E-state index in [0.717, 1.165) is 32.1 Å². The zero-order valence-electron chi connectivity index (χ0n) is 41.6. The Morgan fingerprint density at radius 1 is 0.393 bits per heavy atom. The van der Waals surface area contributed by atoms with E-state index < -0.39 is 18.2 Å². The van der Waals surface area contributed by atoms with Gasteiger partial charge in [-0.05, 0) is 38.5 Å². The second-order valence-electron chi connectivity index (χ2n) is 19.5. The van der Waals surface area contributed by atoms with Crippen LogP contribution in [0.25, 0.3) is 0 Å². The van der Waals surface area contributed by atoms with Gasteiger partial charge in [-0.3, -0.25) is 4.79 Å². The Kier molecular flexibility index (Phi) is 51.0. The molecule has 0 saturated carbocycles. The smallest absolute Gasteiger partial charge is 0.220 e. The number of hydrogen-bond acceptors (Lipinski definition) is 4. The summed E-state index contributed by atoms with van der Waals surface area (Å²) in [6.45, 7) is 4.22. The summed E-state index contributed by atoms with van der Waals surface area (Å²) in [7, 11) is 0. The number of unbranched alkanes of at least 4 members (excludes halogenated alkanes) is 42. The predicted molar refractivity (Wildman–Crippen MR) is 269 cm³/mol. The van der Waals surface area contributed by atoms with Crippen LogP contribution in [-0.2, 0) is 4.79 Å². The van der Waals surface area contributed by atoms with Gasteiger partial charge in [0.1, 0.15) is 6.10 Å². The van der Waals surface area contributed by atoms with Crippen molar-refractivity contribution in [3.63, 3.8) is 0 Å². The van der Waals surface area contributed by atoms with Gasteiger partial charge in [0.2, 0.25) is 5.91 Å². The summed E-state index contributed by atoms with van der Waals surface area (Å²) in [5, 5.41) is 33.8. The molecule has 0 aliphatic heterocycles. The predicted octanol–water partition coefficient (Wildman–Crippen LogP) is 17.1. The maximum Gasteiger partial charge on any atom is 0.220 e. The second kappa shape index (κ2) is 51.7. The van der Waals surface area contributed by atoms with Crippen LogP contribution in [0.2, 0.25) is 0 Å². The van der Waals surface area contributed by atoms with E-state index in [1.807, 2.05) is 0 Å². The van der Waals surface area contributed by atoms with Crippen LogP contribution in [0.4, 0.5) is 0 Å². The largest absolute Gasteiger partial charge is 0.394 e. The van der Waals surface area contributed by atoms with Gasteiger partial charge in [0.15, 0.2) is 0 Å². The molecule has 0 radical (unpaired) electrons. The summed E-state index contributed by atoms with van der Waals surface area (Å²) in [5.74, 6) is -0.141. The van der Waals surface area contributed by atoms with Crippen molar-refractivity contribution in [1.29, 1.82) is 0 Å². The van der Waals surface area contributed by atoms with E-state index in [-0.39, 0.29) is 12.5 Å². The number of rotatable bonds is 52. The Morgan fingerprint density at radius 3 is 0.951 bits per heavy atom. The van der Waals surface area contributed by atoms with Crippen LogP contribution in [-0.4, -0.2) is 46.1 Å². The molecule has 3 unspecified atom stereocenters. The first-order valence-electron chi connectivity index (χ1n) is 28.0. The molecular weight excluding hydrogens is 751 g/mol. The van der Waals surface area contributed by atoms with E-state index in [1.54, 1.807) is 0 Å². The average Bonchev–Trinajstić information content (AvgIpc) is 3.26. The molecule has 0 heterocycles. The molecule has 4 N–H and O–H groups in total. The van der Waals surface area contributed by atoms with Crippen molar-refractivity contribution in [3.8, 4) is 0 Å². The monoisotopic (exact) mass is 862 g/mol. The lowest BCUT2D eigenvalue weighted by Crippen LogP contribution is -2.50. The quantitative estimate of drug-likeness (QED) is 0.0362. The first-order chi connectivity index (χ1) is 30.1. The fourth-order valence-electron chi connectivity index (χ4n) is 9.04. The highest BCUT2D eigenvalue weighted by Crippen LogP contribution is 2.18. The van der Waals surface area contributed by atoms with E-state index in [2.05, 4.69) is 31.3 Å². The van der Waals surface area contributed by atoms with Crippen LogP contribution in [0.3, 0.4) is 0 Å². The van der Waals surface area contributed by atoms with Gasteiger partial charge in [0.05, 0.1) is 18.8 Å². The first-order valence-corrected chi connectivity index (χ1v) is 28.0. The highest BCUT2D eigenvalue weighted by atomic mass is 16.3. The summed E-state index contributed by atoms with van der Waals surface area (Å²) < 4.78 is 0. The molecular formula is C56H111NO4. The zero-order chi connectivity index (χ0) is 44.4. The molecule has 0 bridgehead atoms. The molecule has 0 saturated heterocycles. The summed E-state index contributed by atoms with van der Waals surface area (Å²) in [6.07, 6.45) is 63.6. The molecule has 3 atom stereocenters. The van der Waals surface area contributed by atoms with Crippen molar-refractivity contribution in [2.24, 2.45) is 0 Å². The number of aliphatic hydroxyl groups is 3. The van der Waals surface area contributed by atoms with Crippen molar-refractivity contribution in [2.45, 2.75) is 334 Å². The molecule has 0 aliphatic rings. The number of hydrogen-bond donors (Lipinski definition) is 4. The van der Waals surface area contributed by atoms with Crippen molar-refractivity contribution in [2.75, 3.05) is 6.61 Å². The summed E-state index contributed by atoms with van der Waals surface area (Å²) in [4.78, 5) is 12.5. The molecule has 5 heteroatoms. The van der Waals surface area contributed by atoms with Crippen LogP contribution in [0.15, 0.2) is 12.2 Å². The van der Waals surface area contributed by atoms with E-state index in [4.69, 9.17) is 0 Å². The van der Waals surface area contributed by atoms with Gasteiger partial charge in [0.25, 0.3) is 0 Å². The lowest BCUT2D eigenvalue weighted by Gasteiger charge is -2.26. The third kappa shape index (κ3) is 46.9. The maximum absolute atomic E-state index is 12.5. The third-order valence-corrected chi connectivity index (χ3v) is 13.4. The molecule has 1 amide bonds. The maximum atomic E-state index is 12.5. The number of carbonyl (C=O) groups is 1. The molecule has 0 aromatic heterocycles. The van der Waals surface area contributed by atoms with E-state index >= 15 is 0 Å². The van der Waals surface area contributed by atoms with Gasteiger partial charge < -0.3 is 20.6 Å². The van der Waals surface area contributed by atoms with Crippen LogP contribution in [0.1, 0.15) is 316 Å². The van der Waals surface area contributed by atoms with Crippen LogP contribution < -0.4 is 5.32 Å². The number of amides is 1. The fourth-order valence-corrected chi connectivity index (χ4v) is 9.04. The molecule has 364 valence electrons. The topological polar surface area (TPSA) is 89.8 Å². The van der Waals surface area contributed by atoms with Crippen molar-refractivity contribution in [3.05, 3.63) is 12.2 Å². The Bertz CT molecular complexity index is 864. The van der Waals surface area contributed by atoms with E-state index in [0.29, 0.717) is 12.8 Å². The highest BCUT2D eigenvalue weighted by Gasteiger charge is 2.26. The van der Waals surface area contributed by atoms with Crippen molar-refractivity contribution < 1.29 is 20.1 Å². The Morgan fingerprint density at radius 2 is 0.656 bits per heavy atom. The minimum atomic E-state index is -1.14. The van der Waals surface area contributed by atoms with Crippen molar-refractivity contribution in [1.82, 2.24) is 5.32 Å². The summed E-state index contributed by atoms with van der Waals surface area (Å²) in [6, 6.07) is -0.808. The summed E-state index contributed by atoms with van der Waals surface area (Å²) >= 11 is 0. The van der Waals surface area contributed by atoms with E-state index in [9.17, 15) is 20.1 Å². The number of aliphatic hydroxyl groups excluding tert-OH is 3. The van der Waals surface area contributed by atoms with Gasteiger partial charge >= 0.3 is 0 Å². The molecule has 61 heavy (non-hydrogen) atoms. The molecule has 0 aromatic carbocycles. The molecule has 0 fully saturated rings. The third-order valence-electron chi connectivity index (χ3n) is 13.4. The van der Waals surface area contributed by atoms with E-state index in [1.165, 1.54) is 257 Å². The summed E-state index contributed by atoms with van der Waals surface area (Å²) in [5.41, 5.74) is 0. The van der Waals surface area contributed by atoms with Gasteiger partial charge in [-0.25, -0.2) is 0 Å². The lowest BCUT2D eigenvalue weighted by molar-refractivity contribution is -0.124. The molecule has 0 aromatic rings. The van der Waals surface area contributed by atoms with Crippen LogP contribution >= 0.6 is 0 Å². The highest BCUT2D eigenvalue weighted by molar-refractivity contribution is 5.76. The average molecular weight is 863 g/mol. The lowest BCUT2D eigenvalue weighted by atomic mass is 9.99. The molecule has 5 nitrogen and oxygen atoms in total. The number of allylic oxidation sites excluding steroid dienone is 2. The standard InChI is InChI=1S/C56H111NO4/c1-3-5-7-9-11-13-15-17-19-21-23-25-27-28-29-31-33-35-37-39-41-43-45-47-49-51-55(60)57-53(52-58)56(61)54(59)50-48-46-44-42-40-38-36-34-32-30-26-24-22-20-18-16-14-12-10-8-6-4-2/h28-29,53-54,56,58-59,61H,3-27,30-52H2,1-2H3,(H,57,60)/b29-28-. The minimum absolute atomic E-state index is 0.141. The molecule has 0 aliphatic carbocycles. The molecule has 0 spiro atoms. The van der Waals surface area contributed by atoms with Gasteiger partial charge in [0, 0.05) is 6.42 Å². The minimum Gasteiger partial charge on any atom is -0.394 e. The SMILES string of the molecule is CCCCCCCCCCCCCC/C=C\CCCCCCCCCCCC(=O)NC(CO)C(O)C(O)CCCCCCCCCCCCCCCCCCCCCCCC. The number of carbonyl (C=O) groups excluding carboxylic acids is 1. The normalized spacial score (nSPS) is 13.3. The molecule has 0 rings (SSSR count). The Hall–Kier alpha value is -0.910. The Balaban J connectivity index is 3.53. The number of nitrogens with one attached hydrogen (secondary N) is 1. The van der Waals surface area contributed by atoms with Crippen LogP contribution in [0.5, 0.6) is 0 Å².